The molecule has 0 unspecified atom stereocenters. The van der Waals surface area contributed by atoms with E-state index in [0.29, 0.717) is 4.47 Å². The number of alkyl halides is 2. The Labute approximate surface area is 93.6 Å². The predicted molar refractivity (Wildman–Crippen MR) is 52.6 cm³/mol. The number of hydrogen-bond acceptors (Lipinski definition) is 3. The van der Waals surface area contributed by atoms with E-state index in [9.17, 15) is 13.6 Å². The minimum atomic E-state index is -2.70. The third-order valence-electron chi connectivity index (χ3n) is 1.74. The van der Waals surface area contributed by atoms with Gasteiger partial charge in [-0.2, -0.15) is 0 Å². The van der Waals surface area contributed by atoms with Crippen LogP contribution in [0.15, 0.2) is 16.7 Å². The molecule has 0 aliphatic rings. The van der Waals surface area contributed by atoms with Crippen LogP contribution in [0.4, 0.5) is 8.78 Å². The zero-order chi connectivity index (χ0) is 11.4. The Morgan fingerprint density at radius 3 is 2.87 bits per heavy atom. The smallest absolute Gasteiger partial charge is 0.310 e. The molecular weight excluding hydrogens is 272 g/mol. The van der Waals surface area contributed by atoms with Crippen molar-refractivity contribution in [1.82, 2.24) is 4.98 Å². The van der Waals surface area contributed by atoms with Crippen LogP contribution in [0.3, 0.4) is 0 Å². The molecule has 1 aromatic heterocycles. The van der Waals surface area contributed by atoms with Gasteiger partial charge < -0.3 is 4.74 Å². The highest BCUT2D eigenvalue weighted by Gasteiger charge is 2.17. The fraction of sp³-hybridized carbons (Fsp3) is 0.333. The number of ether oxygens (including phenoxy) is 1. The maximum atomic E-state index is 12.5. The summed E-state index contributed by atoms with van der Waals surface area (Å²) in [4.78, 5) is 14.5. The molecule has 0 aromatic carbocycles. The zero-order valence-corrected chi connectivity index (χ0v) is 9.42. The largest absolute Gasteiger partial charge is 0.469 e. The van der Waals surface area contributed by atoms with Crippen LogP contribution >= 0.6 is 15.9 Å². The number of aromatic nitrogens is 1. The van der Waals surface area contributed by atoms with Gasteiger partial charge in [0.2, 0.25) is 0 Å². The van der Waals surface area contributed by atoms with E-state index in [-0.39, 0.29) is 17.7 Å². The maximum Gasteiger partial charge on any atom is 0.310 e. The van der Waals surface area contributed by atoms with Gasteiger partial charge in [-0.15, -0.1) is 0 Å². The molecule has 0 radical (unpaired) electrons. The molecule has 0 aliphatic heterocycles. The van der Waals surface area contributed by atoms with Gasteiger partial charge in [0, 0.05) is 10.7 Å². The van der Waals surface area contributed by atoms with Gasteiger partial charge >= 0.3 is 5.97 Å². The number of carbonyl (C=O) groups excluding carboxylic acids is 1. The molecule has 0 amide bonds. The average molecular weight is 280 g/mol. The molecule has 0 spiro atoms. The number of methoxy groups -OCH3 is 1. The van der Waals surface area contributed by atoms with Gasteiger partial charge in [0.15, 0.2) is 0 Å². The fourth-order valence-corrected chi connectivity index (χ4v) is 1.44. The number of esters is 1. The monoisotopic (exact) mass is 279 g/mol. The normalized spacial score (nSPS) is 10.5. The molecule has 1 aromatic rings. The van der Waals surface area contributed by atoms with E-state index in [1.165, 1.54) is 19.4 Å². The lowest BCUT2D eigenvalue weighted by molar-refractivity contribution is -0.139. The lowest BCUT2D eigenvalue weighted by atomic mass is 10.1. The molecule has 6 heteroatoms. The van der Waals surface area contributed by atoms with Gasteiger partial charge in [0.05, 0.1) is 13.5 Å². The molecule has 1 rings (SSSR count). The lowest BCUT2D eigenvalue weighted by Gasteiger charge is -2.06. The van der Waals surface area contributed by atoms with Crippen LogP contribution in [-0.4, -0.2) is 18.1 Å². The number of nitrogens with zero attached hydrogens (tertiary/aromatic N) is 1. The Hall–Kier alpha value is -1.04. The number of halogens is 3. The second-order valence-electron chi connectivity index (χ2n) is 2.75. The fourth-order valence-electron chi connectivity index (χ4n) is 1.06. The Balaban J connectivity index is 3.02. The van der Waals surface area contributed by atoms with Crippen LogP contribution in [0.25, 0.3) is 0 Å². The van der Waals surface area contributed by atoms with Gasteiger partial charge in [-0.3, -0.25) is 9.78 Å². The highest BCUT2D eigenvalue weighted by molar-refractivity contribution is 9.10. The number of rotatable bonds is 3. The molecule has 3 nitrogen and oxygen atoms in total. The molecule has 0 aliphatic carbocycles. The van der Waals surface area contributed by atoms with Gasteiger partial charge in [0.25, 0.3) is 6.43 Å². The summed E-state index contributed by atoms with van der Waals surface area (Å²) in [5.74, 6) is -0.572. The molecule has 0 N–H and O–H groups in total. The van der Waals surface area contributed by atoms with E-state index in [1.807, 2.05) is 0 Å². The summed E-state index contributed by atoms with van der Waals surface area (Å²) < 4.78 is 29.9. The standard InChI is InChI=1S/C9H8BrF2NO2/c1-15-7(14)3-5-2-6(10)4-13-8(5)9(11)12/h2,4,9H,3H2,1H3. The molecular formula is C9H8BrF2NO2. The lowest BCUT2D eigenvalue weighted by Crippen LogP contribution is -2.08. The molecule has 0 saturated carbocycles. The topological polar surface area (TPSA) is 39.2 Å². The van der Waals surface area contributed by atoms with Crippen molar-refractivity contribution in [2.75, 3.05) is 7.11 Å². The number of carbonyl (C=O) groups is 1. The van der Waals surface area contributed by atoms with Crippen molar-refractivity contribution in [1.29, 1.82) is 0 Å². The second-order valence-corrected chi connectivity index (χ2v) is 3.67. The summed E-state index contributed by atoms with van der Waals surface area (Å²) in [6.45, 7) is 0. The highest BCUT2D eigenvalue weighted by Crippen LogP contribution is 2.23. The van der Waals surface area contributed by atoms with Crippen molar-refractivity contribution in [2.45, 2.75) is 12.8 Å². The Morgan fingerprint density at radius 1 is 1.67 bits per heavy atom. The summed E-state index contributed by atoms with van der Waals surface area (Å²) in [5.41, 5.74) is -0.213. The van der Waals surface area contributed by atoms with Gasteiger partial charge in [-0.25, -0.2) is 8.78 Å². The minimum Gasteiger partial charge on any atom is -0.469 e. The van der Waals surface area contributed by atoms with Crippen molar-refractivity contribution < 1.29 is 18.3 Å². The molecule has 0 saturated heterocycles. The van der Waals surface area contributed by atoms with Crippen LogP contribution in [0.5, 0.6) is 0 Å². The van der Waals surface area contributed by atoms with Crippen LogP contribution in [0.2, 0.25) is 0 Å². The third kappa shape index (κ3) is 3.23. The first kappa shape index (κ1) is 12.0. The van der Waals surface area contributed by atoms with E-state index < -0.39 is 12.4 Å². The maximum absolute atomic E-state index is 12.5. The summed E-state index contributed by atoms with van der Waals surface area (Å²) >= 11 is 3.10. The van der Waals surface area contributed by atoms with Crippen molar-refractivity contribution >= 4 is 21.9 Å². The Bertz CT molecular complexity index is 371. The average Bonchev–Trinajstić information content (AvgIpc) is 2.17. The van der Waals surface area contributed by atoms with Crippen LogP contribution in [-0.2, 0) is 16.0 Å². The summed E-state index contributed by atoms with van der Waals surface area (Å²) in [7, 11) is 1.20. The van der Waals surface area contributed by atoms with E-state index >= 15 is 0 Å². The molecule has 15 heavy (non-hydrogen) atoms. The molecule has 0 fully saturated rings. The molecule has 82 valence electrons. The number of pyridine rings is 1. The first-order valence-electron chi connectivity index (χ1n) is 4.04. The molecule has 1 heterocycles. The highest BCUT2D eigenvalue weighted by atomic mass is 79.9. The van der Waals surface area contributed by atoms with Gasteiger partial charge in [0.1, 0.15) is 5.69 Å². The SMILES string of the molecule is COC(=O)Cc1cc(Br)cnc1C(F)F. The van der Waals surface area contributed by atoms with Gasteiger partial charge in [-0.1, -0.05) is 0 Å². The van der Waals surface area contributed by atoms with Crippen molar-refractivity contribution in [3.63, 3.8) is 0 Å². The van der Waals surface area contributed by atoms with E-state index in [0.717, 1.165) is 0 Å². The number of hydrogen-bond donors (Lipinski definition) is 0. The summed E-state index contributed by atoms with van der Waals surface area (Å²) in [6.07, 6.45) is -1.64. The van der Waals surface area contributed by atoms with E-state index in [4.69, 9.17) is 0 Å². The van der Waals surface area contributed by atoms with Gasteiger partial charge in [-0.05, 0) is 27.6 Å². The molecule has 0 atom stereocenters. The van der Waals surface area contributed by atoms with E-state index in [1.54, 1.807) is 0 Å². The van der Waals surface area contributed by atoms with Crippen LogP contribution in [0.1, 0.15) is 17.7 Å². The quantitative estimate of drug-likeness (QED) is 0.798. The van der Waals surface area contributed by atoms with Crippen LogP contribution in [0, 0.1) is 0 Å². The van der Waals surface area contributed by atoms with Crippen molar-refractivity contribution in [3.05, 3.63) is 28.0 Å². The second kappa shape index (κ2) is 5.16. The van der Waals surface area contributed by atoms with Crippen molar-refractivity contribution in [3.8, 4) is 0 Å². The van der Waals surface area contributed by atoms with Crippen LogP contribution < -0.4 is 0 Å². The van der Waals surface area contributed by atoms with Crippen molar-refractivity contribution in [2.24, 2.45) is 0 Å². The Morgan fingerprint density at radius 2 is 2.33 bits per heavy atom. The molecule has 0 bridgehead atoms. The zero-order valence-electron chi connectivity index (χ0n) is 7.84. The summed E-state index contributed by atoms with van der Waals surface area (Å²) in [6, 6.07) is 1.44. The predicted octanol–water partition coefficient (Wildman–Crippen LogP) is 2.50. The van der Waals surface area contributed by atoms with E-state index in [2.05, 4.69) is 25.7 Å². The summed E-state index contributed by atoms with van der Waals surface area (Å²) in [5, 5.41) is 0. The first-order chi connectivity index (χ1) is 7.04. The third-order valence-corrected chi connectivity index (χ3v) is 2.17. The first-order valence-corrected chi connectivity index (χ1v) is 4.83. The Kier molecular flexibility index (Phi) is 4.14. The minimum absolute atomic E-state index is 0.172.